The van der Waals surface area contributed by atoms with E-state index in [0.29, 0.717) is 18.6 Å². The third-order valence-corrected chi connectivity index (χ3v) is 4.21. The van der Waals surface area contributed by atoms with Gasteiger partial charge in [0.15, 0.2) is 0 Å². The SMILES string of the molecule is Cc1ccc(OCC(O)CNCC2(C)CCCC2)cc1. The van der Waals surface area contributed by atoms with Crippen molar-refractivity contribution in [2.75, 3.05) is 19.7 Å². The third kappa shape index (κ3) is 4.80. The molecule has 0 radical (unpaired) electrons. The minimum atomic E-state index is -0.457. The summed E-state index contributed by atoms with van der Waals surface area (Å²) in [4.78, 5) is 0. The largest absolute Gasteiger partial charge is 0.491 e. The fourth-order valence-corrected chi connectivity index (χ4v) is 2.83. The summed E-state index contributed by atoms with van der Waals surface area (Å²) in [5.74, 6) is 0.817. The maximum Gasteiger partial charge on any atom is 0.119 e. The van der Waals surface area contributed by atoms with E-state index in [1.807, 2.05) is 31.2 Å². The van der Waals surface area contributed by atoms with Crippen molar-refractivity contribution in [2.24, 2.45) is 5.41 Å². The van der Waals surface area contributed by atoms with Crippen molar-refractivity contribution in [3.05, 3.63) is 29.8 Å². The molecule has 3 heteroatoms. The van der Waals surface area contributed by atoms with Crippen molar-refractivity contribution in [2.45, 2.75) is 45.6 Å². The molecule has 1 atom stereocenters. The molecule has 3 nitrogen and oxygen atoms in total. The van der Waals surface area contributed by atoms with Crippen LogP contribution < -0.4 is 10.1 Å². The second-order valence-corrected chi connectivity index (χ2v) is 6.43. The number of ether oxygens (including phenoxy) is 1. The van der Waals surface area contributed by atoms with Crippen molar-refractivity contribution in [3.63, 3.8) is 0 Å². The Labute approximate surface area is 122 Å². The smallest absolute Gasteiger partial charge is 0.119 e. The first kappa shape index (κ1) is 15.3. The Morgan fingerprint density at radius 3 is 2.55 bits per heavy atom. The van der Waals surface area contributed by atoms with Gasteiger partial charge in [0, 0.05) is 13.1 Å². The summed E-state index contributed by atoms with van der Waals surface area (Å²) in [6, 6.07) is 7.91. The van der Waals surface area contributed by atoms with E-state index in [0.717, 1.165) is 12.3 Å². The molecule has 0 bridgehead atoms. The zero-order chi connectivity index (χ0) is 14.4. The molecule has 1 aromatic carbocycles. The number of hydrogen-bond acceptors (Lipinski definition) is 3. The van der Waals surface area contributed by atoms with Crippen LogP contribution >= 0.6 is 0 Å². The average Bonchev–Trinajstić information content (AvgIpc) is 2.85. The zero-order valence-electron chi connectivity index (χ0n) is 12.7. The lowest BCUT2D eigenvalue weighted by Crippen LogP contribution is -2.37. The second-order valence-electron chi connectivity index (χ2n) is 6.43. The van der Waals surface area contributed by atoms with Crippen LogP contribution in [0.3, 0.4) is 0 Å². The van der Waals surface area contributed by atoms with Gasteiger partial charge in [-0.3, -0.25) is 0 Å². The fraction of sp³-hybridized carbons (Fsp3) is 0.647. The Hall–Kier alpha value is -1.06. The molecule has 0 amide bonds. The van der Waals surface area contributed by atoms with E-state index in [4.69, 9.17) is 4.74 Å². The van der Waals surface area contributed by atoms with E-state index in [2.05, 4.69) is 12.2 Å². The summed E-state index contributed by atoms with van der Waals surface area (Å²) in [5.41, 5.74) is 1.64. The Bertz CT molecular complexity index is 396. The fourth-order valence-electron chi connectivity index (χ4n) is 2.83. The van der Waals surface area contributed by atoms with E-state index in [-0.39, 0.29) is 0 Å². The molecular weight excluding hydrogens is 250 g/mol. The molecule has 0 spiro atoms. The summed E-state index contributed by atoms with van der Waals surface area (Å²) >= 11 is 0. The lowest BCUT2D eigenvalue weighted by atomic mass is 9.89. The topological polar surface area (TPSA) is 41.5 Å². The van der Waals surface area contributed by atoms with Crippen LogP contribution in [0.2, 0.25) is 0 Å². The Morgan fingerprint density at radius 1 is 1.25 bits per heavy atom. The molecule has 2 rings (SSSR count). The maximum atomic E-state index is 9.94. The van der Waals surface area contributed by atoms with Crippen molar-refractivity contribution in [3.8, 4) is 5.75 Å². The Balaban J connectivity index is 1.62. The van der Waals surface area contributed by atoms with Gasteiger partial charge in [-0.2, -0.15) is 0 Å². The van der Waals surface area contributed by atoms with Crippen LogP contribution in [-0.4, -0.2) is 30.9 Å². The van der Waals surface area contributed by atoms with Gasteiger partial charge in [-0.25, -0.2) is 0 Å². The number of aliphatic hydroxyl groups is 1. The van der Waals surface area contributed by atoms with E-state index in [1.54, 1.807) is 0 Å². The van der Waals surface area contributed by atoms with Gasteiger partial charge >= 0.3 is 0 Å². The summed E-state index contributed by atoms with van der Waals surface area (Å²) in [5, 5.41) is 13.3. The number of rotatable bonds is 7. The number of hydrogen-bond donors (Lipinski definition) is 2. The molecule has 20 heavy (non-hydrogen) atoms. The van der Waals surface area contributed by atoms with Crippen LogP contribution in [0.25, 0.3) is 0 Å². The molecule has 1 aromatic rings. The lowest BCUT2D eigenvalue weighted by molar-refractivity contribution is 0.103. The highest BCUT2D eigenvalue weighted by Gasteiger charge is 2.28. The van der Waals surface area contributed by atoms with Crippen LogP contribution in [0.15, 0.2) is 24.3 Å². The van der Waals surface area contributed by atoms with Gasteiger partial charge in [0.05, 0.1) is 0 Å². The van der Waals surface area contributed by atoms with Crippen molar-refractivity contribution in [1.82, 2.24) is 5.32 Å². The minimum absolute atomic E-state index is 0.340. The highest BCUT2D eigenvalue weighted by atomic mass is 16.5. The molecule has 1 unspecified atom stereocenters. The highest BCUT2D eigenvalue weighted by Crippen LogP contribution is 2.36. The molecule has 0 saturated heterocycles. The van der Waals surface area contributed by atoms with E-state index in [1.165, 1.54) is 31.2 Å². The summed E-state index contributed by atoms with van der Waals surface area (Å²) < 4.78 is 5.58. The molecule has 0 aliphatic heterocycles. The van der Waals surface area contributed by atoms with Crippen LogP contribution in [0.1, 0.15) is 38.2 Å². The molecule has 2 N–H and O–H groups in total. The van der Waals surface area contributed by atoms with Crippen LogP contribution in [0.5, 0.6) is 5.75 Å². The number of aliphatic hydroxyl groups excluding tert-OH is 1. The van der Waals surface area contributed by atoms with Gasteiger partial charge in [-0.05, 0) is 37.3 Å². The Kier molecular flexibility index (Phi) is 5.44. The third-order valence-electron chi connectivity index (χ3n) is 4.21. The van der Waals surface area contributed by atoms with Crippen LogP contribution in [-0.2, 0) is 0 Å². The molecule has 1 aliphatic carbocycles. The molecule has 0 aromatic heterocycles. The molecule has 0 heterocycles. The first-order valence-electron chi connectivity index (χ1n) is 7.66. The van der Waals surface area contributed by atoms with Gasteiger partial charge in [-0.1, -0.05) is 37.5 Å². The predicted molar refractivity (Wildman–Crippen MR) is 82.1 cm³/mol. The molecule has 1 aliphatic rings. The normalized spacial score (nSPS) is 18.9. The molecule has 1 saturated carbocycles. The maximum absolute atomic E-state index is 9.94. The minimum Gasteiger partial charge on any atom is -0.491 e. The van der Waals surface area contributed by atoms with E-state index >= 15 is 0 Å². The van der Waals surface area contributed by atoms with Crippen molar-refractivity contribution >= 4 is 0 Å². The monoisotopic (exact) mass is 277 g/mol. The number of aryl methyl sites for hydroxylation is 1. The van der Waals surface area contributed by atoms with Crippen molar-refractivity contribution < 1.29 is 9.84 Å². The summed E-state index contributed by atoms with van der Waals surface area (Å²) in [6.45, 7) is 6.32. The van der Waals surface area contributed by atoms with Gasteiger partial charge in [0.1, 0.15) is 18.5 Å². The first-order chi connectivity index (χ1) is 9.57. The molecule has 1 fully saturated rings. The summed E-state index contributed by atoms with van der Waals surface area (Å²) in [7, 11) is 0. The van der Waals surface area contributed by atoms with E-state index < -0.39 is 6.10 Å². The number of benzene rings is 1. The standard InChI is InChI=1S/C17H27NO2/c1-14-5-7-16(8-6-14)20-12-15(19)11-18-13-17(2)9-3-4-10-17/h5-8,15,18-19H,3-4,9-13H2,1-2H3. The molecule has 112 valence electrons. The average molecular weight is 277 g/mol. The lowest BCUT2D eigenvalue weighted by Gasteiger charge is -2.24. The first-order valence-corrected chi connectivity index (χ1v) is 7.66. The quantitative estimate of drug-likeness (QED) is 0.805. The summed E-state index contributed by atoms with van der Waals surface area (Å²) in [6.07, 6.45) is 4.83. The zero-order valence-corrected chi connectivity index (χ0v) is 12.7. The van der Waals surface area contributed by atoms with Gasteiger partial charge in [0.25, 0.3) is 0 Å². The van der Waals surface area contributed by atoms with E-state index in [9.17, 15) is 5.11 Å². The van der Waals surface area contributed by atoms with Crippen LogP contribution in [0.4, 0.5) is 0 Å². The second kappa shape index (κ2) is 7.09. The highest BCUT2D eigenvalue weighted by molar-refractivity contribution is 5.26. The number of nitrogens with one attached hydrogen (secondary N) is 1. The van der Waals surface area contributed by atoms with Gasteiger partial charge in [-0.15, -0.1) is 0 Å². The van der Waals surface area contributed by atoms with Crippen molar-refractivity contribution in [1.29, 1.82) is 0 Å². The van der Waals surface area contributed by atoms with Gasteiger partial charge in [0.2, 0.25) is 0 Å². The predicted octanol–water partition coefficient (Wildman–Crippen LogP) is 2.90. The molecular formula is C17H27NO2. The van der Waals surface area contributed by atoms with Crippen LogP contribution in [0, 0.1) is 12.3 Å². The van der Waals surface area contributed by atoms with Gasteiger partial charge < -0.3 is 15.2 Å². The Morgan fingerprint density at radius 2 is 1.90 bits per heavy atom.